The predicted molar refractivity (Wildman–Crippen MR) is 234 cm³/mol. The summed E-state index contributed by atoms with van der Waals surface area (Å²) >= 11 is 0. The van der Waals surface area contributed by atoms with E-state index in [0.29, 0.717) is 0 Å². The number of allylic oxidation sites excluding steroid dienone is 3. The monoisotopic (exact) mass is 718 g/mol. The van der Waals surface area contributed by atoms with Crippen LogP contribution in [-0.4, -0.2) is 0 Å². The Morgan fingerprint density at radius 2 is 0.893 bits per heavy atom. The van der Waals surface area contributed by atoms with Crippen molar-refractivity contribution in [2.45, 2.75) is 12.8 Å². The van der Waals surface area contributed by atoms with E-state index in [2.05, 4.69) is 180 Å². The number of nitrogens with zero attached hydrogens (tertiary/aromatic N) is 2. The zero-order valence-electron chi connectivity index (χ0n) is 30.4. The highest BCUT2D eigenvalue weighted by molar-refractivity contribution is 6.28. The number of para-hydroxylation sites is 5. The smallest absolute Gasteiger partial charge is 0.159 e. The summed E-state index contributed by atoms with van der Waals surface area (Å²) < 4.78 is 13.3. The molecule has 0 radical (unpaired) electrons. The molecule has 0 N–H and O–H groups in total. The Balaban J connectivity index is 1.13. The van der Waals surface area contributed by atoms with Crippen molar-refractivity contribution in [1.29, 1.82) is 0 Å². The summed E-state index contributed by atoms with van der Waals surface area (Å²) in [5.41, 5.74) is 10.0. The average Bonchev–Trinajstić information content (AvgIpc) is 3.84. The summed E-state index contributed by atoms with van der Waals surface area (Å²) in [5, 5.41) is 11.7. The Hall–Kier alpha value is -7.30. The predicted octanol–water partition coefficient (Wildman–Crippen LogP) is 15.2. The lowest BCUT2D eigenvalue weighted by Crippen LogP contribution is -2.17. The van der Waals surface area contributed by atoms with E-state index in [4.69, 9.17) is 8.83 Å². The van der Waals surface area contributed by atoms with Crippen LogP contribution in [0.1, 0.15) is 12.8 Å². The van der Waals surface area contributed by atoms with E-state index in [1.54, 1.807) is 0 Å². The van der Waals surface area contributed by atoms with Crippen molar-refractivity contribution >= 4 is 105 Å². The largest absolute Gasteiger partial charge is 0.454 e. The van der Waals surface area contributed by atoms with Crippen LogP contribution in [0.25, 0.3) is 76.2 Å². The Morgan fingerprint density at radius 1 is 0.375 bits per heavy atom. The molecule has 1 aliphatic rings. The number of furan rings is 2. The molecular formula is C52H34N2O2. The van der Waals surface area contributed by atoms with Gasteiger partial charge in [-0.15, -0.1) is 0 Å². The molecule has 0 bridgehead atoms. The second-order valence-electron chi connectivity index (χ2n) is 14.7. The van der Waals surface area contributed by atoms with Gasteiger partial charge in [0.15, 0.2) is 11.2 Å². The van der Waals surface area contributed by atoms with E-state index >= 15 is 0 Å². The van der Waals surface area contributed by atoms with E-state index in [0.717, 1.165) is 90.9 Å². The molecule has 264 valence electrons. The summed E-state index contributed by atoms with van der Waals surface area (Å²) in [6.45, 7) is 0. The molecule has 0 unspecified atom stereocenters. The van der Waals surface area contributed by atoms with Crippen LogP contribution in [0.15, 0.2) is 197 Å². The number of hydrogen-bond donors (Lipinski definition) is 0. The normalized spacial score (nSPS) is 13.2. The summed E-state index contributed by atoms with van der Waals surface area (Å²) in [6.07, 6.45) is 8.92. The van der Waals surface area contributed by atoms with Crippen LogP contribution in [0.4, 0.5) is 28.4 Å². The first-order valence-corrected chi connectivity index (χ1v) is 19.3. The highest BCUT2D eigenvalue weighted by Crippen LogP contribution is 2.49. The molecule has 0 saturated heterocycles. The fourth-order valence-corrected chi connectivity index (χ4v) is 9.14. The van der Waals surface area contributed by atoms with Crippen LogP contribution >= 0.6 is 0 Å². The molecule has 0 aliphatic heterocycles. The number of hydrogen-bond acceptors (Lipinski definition) is 4. The first kappa shape index (κ1) is 31.1. The molecule has 0 fully saturated rings. The van der Waals surface area contributed by atoms with Crippen molar-refractivity contribution in [2.75, 3.05) is 9.80 Å². The van der Waals surface area contributed by atoms with Gasteiger partial charge >= 0.3 is 0 Å². The topological polar surface area (TPSA) is 32.8 Å². The molecule has 1 aliphatic carbocycles. The minimum atomic E-state index is 0.870. The van der Waals surface area contributed by atoms with Gasteiger partial charge < -0.3 is 18.6 Å². The van der Waals surface area contributed by atoms with Gasteiger partial charge in [-0.2, -0.15) is 0 Å². The standard InChI is InChI=1S/C52H34N2O2/c1-3-13-35(14-4-1)53(45-21-11-19-39-37-17-7-9-23-47(37)55-51(39)45)43-31-27-33-26-30-42-44(32-28-34-25-29-41(43)49(33)50(34)42)54(36-15-5-2-6-16-36)46-22-12-20-40-38-18-8-10-24-48(38)56-52(40)46/h1,3-5,7-32H,2,6H2. The molecule has 11 aromatic rings. The van der Waals surface area contributed by atoms with E-state index in [1.165, 1.54) is 32.3 Å². The number of rotatable bonds is 6. The minimum absolute atomic E-state index is 0.870. The molecule has 0 saturated carbocycles. The van der Waals surface area contributed by atoms with Gasteiger partial charge in [0.25, 0.3) is 0 Å². The van der Waals surface area contributed by atoms with Gasteiger partial charge in [0, 0.05) is 43.7 Å². The van der Waals surface area contributed by atoms with Crippen LogP contribution in [0.3, 0.4) is 0 Å². The van der Waals surface area contributed by atoms with Crippen LogP contribution in [0.5, 0.6) is 0 Å². The summed E-state index contributed by atoms with van der Waals surface area (Å²) in [4.78, 5) is 4.77. The summed E-state index contributed by atoms with van der Waals surface area (Å²) in [6, 6.07) is 58.6. The molecule has 0 atom stereocenters. The van der Waals surface area contributed by atoms with Gasteiger partial charge in [0.05, 0.1) is 22.7 Å². The van der Waals surface area contributed by atoms with Crippen molar-refractivity contribution in [1.82, 2.24) is 0 Å². The zero-order chi connectivity index (χ0) is 36.7. The SMILES string of the molecule is C1=CC(N(c2ccc3ccc4c(N(c5ccccc5)c5cccc6c5oc5ccccc56)ccc5ccc2c3c54)c2cccc3c2oc2ccccc23)=CCC1. The van der Waals surface area contributed by atoms with E-state index < -0.39 is 0 Å². The van der Waals surface area contributed by atoms with E-state index in [1.807, 2.05) is 12.1 Å². The Bertz CT molecular complexity index is 3390. The lowest BCUT2D eigenvalue weighted by molar-refractivity contribution is 0.668. The number of anilines is 5. The van der Waals surface area contributed by atoms with Gasteiger partial charge in [-0.1, -0.05) is 127 Å². The maximum atomic E-state index is 6.67. The average molecular weight is 719 g/mol. The highest BCUT2D eigenvalue weighted by atomic mass is 16.3. The van der Waals surface area contributed by atoms with Crippen molar-refractivity contribution in [3.63, 3.8) is 0 Å². The van der Waals surface area contributed by atoms with Crippen molar-refractivity contribution in [3.05, 3.63) is 188 Å². The fourth-order valence-electron chi connectivity index (χ4n) is 9.14. The van der Waals surface area contributed by atoms with Gasteiger partial charge in [-0.05, 0) is 89.0 Å². The molecule has 2 heterocycles. The molecular weight excluding hydrogens is 685 g/mol. The quantitative estimate of drug-likeness (QED) is 0.160. The fraction of sp³-hybridized carbons (Fsp3) is 0.0385. The third kappa shape index (κ3) is 4.53. The van der Waals surface area contributed by atoms with E-state index in [-0.39, 0.29) is 0 Å². The molecule has 56 heavy (non-hydrogen) atoms. The van der Waals surface area contributed by atoms with Gasteiger partial charge in [-0.3, -0.25) is 0 Å². The Kier molecular flexibility index (Phi) is 6.72. The summed E-state index contributed by atoms with van der Waals surface area (Å²) in [7, 11) is 0. The second-order valence-corrected chi connectivity index (χ2v) is 14.7. The number of benzene rings is 9. The lowest BCUT2D eigenvalue weighted by Gasteiger charge is -2.30. The Labute approximate surface area is 322 Å². The highest BCUT2D eigenvalue weighted by Gasteiger charge is 2.25. The van der Waals surface area contributed by atoms with Crippen molar-refractivity contribution in [2.24, 2.45) is 0 Å². The van der Waals surface area contributed by atoms with Gasteiger partial charge in [0.1, 0.15) is 11.2 Å². The van der Waals surface area contributed by atoms with Crippen LogP contribution in [0, 0.1) is 0 Å². The van der Waals surface area contributed by atoms with Gasteiger partial charge in [0.2, 0.25) is 0 Å². The van der Waals surface area contributed by atoms with E-state index in [9.17, 15) is 0 Å². The van der Waals surface area contributed by atoms with Crippen molar-refractivity contribution in [3.8, 4) is 0 Å². The lowest BCUT2D eigenvalue weighted by atomic mass is 9.91. The molecule has 2 aromatic heterocycles. The maximum absolute atomic E-state index is 6.67. The maximum Gasteiger partial charge on any atom is 0.159 e. The number of fused-ring (bicyclic) bond motifs is 6. The molecule has 0 spiro atoms. The first-order valence-electron chi connectivity index (χ1n) is 19.3. The molecule has 12 rings (SSSR count). The first-order chi connectivity index (χ1) is 27.8. The van der Waals surface area contributed by atoms with Crippen LogP contribution in [-0.2, 0) is 0 Å². The molecule has 9 aromatic carbocycles. The Morgan fingerprint density at radius 3 is 1.48 bits per heavy atom. The molecule has 4 heteroatoms. The zero-order valence-corrected chi connectivity index (χ0v) is 30.4. The van der Waals surface area contributed by atoms with Crippen LogP contribution < -0.4 is 9.80 Å². The second kappa shape index (κ2) is 12.1. The molecule has 4 nitrogen and oxygen atoms in total. The van der Waals surface area contributed by atoms with Crippen LogP contribution in [0.2, 0.25) is 0 Å². The minimum Gasteiger partial charge on any atom is -0.454 e. The third-order valence-corrected chi connectivity index (χ3v) is 11.6. The molecule has 0 amide bonds. The van der Waals surface area contributed by atoms with Crippen molar-refractivity contribution < 1.29 is 8.83 Å². The summed E-state index contributed by atoms with van der Waals surface area (Å²) in [5.74, 6) is 0. The van der Waals surface area contributed by atoms with Gasteiger partial charge in [-0.25, -0.2) is 0 Å². The third-order valence-electron chi connectivity index (χ3n) is 11.6.